The predicted octanol–water partition coefficient (Wildman–Crippen LogP) is 3.46. The summed E-state index contributed by atoms with van der Waals surface area (Å²) in [4.78, 5) is 0. The molecule has 1 aliphatic carbocycles. The van der Waals surface area contributed by atoms with Gasteiger partial charge in [-0.05, 0) is 24.7 Å². The molecule has 0 spiro atoms. The van der Waals surface area contributed by atoms with Gasteiger partial charge in [-0.1, -0.05) is 25.5 Å². The Labute approximate surface area is 118 Å². The Balaban J connectivity index is 1.97. The highest BCUT2D eigenvalue weighted by molar-refractivity contribution is 7.99. The molecular weight excluding hydrogens is 259 g/mol. The summed E-state index contributed by atoms with van der Waals surface area (Å²) in [5, 5.41) is 12.9. The van der Waals surface area contributed by atoms with Gasteiger partial charge < -0.3 is 5.32 Å². The minimum Gasteiger partial charge on any atom is -0.309 e. The summed E-state index contributed by atoms with van der Waals surface area (Å²) in [6, 6.07) is 7.36. The lowest BCUT2D eigenvalue weighted by Crippen LogP contribution is -2.34. The van der Waals surface area contributed by atoms with E-state index in [4.69, 9.17) is 5.26 Å². The largest absolute Gasteiger partial charge is 0.309 e. The maximum atomic E-state index is 13.9. The molecule has 1 aromatic rings. The molecule has 0 aliphatic heterocycles. The van der Waals surface area contributed by atoms with Crippen molar-refractivity contribution in [2.45, 2.75) is 44.0 Å². The van der Waals surface area contributed by atoms with Crippen LogP contribution in [0.2, 0.25) is 0 Å². The highest BCUT2D eigenvalue weighted by atomic mass is 32.2. The van der Waals surface area contributed by atoms with E-state index in [-0.39, 0.29) is 11.4 Å². The SMILES string of the molecule is CCSC1CCCC1NCc1cccc(C#N)c1F. The summed E-state index contributed by atoms with van der Waals surface area (Å²) >= 11 is 1.99. The predicted molar refractivity (Wildman–Crippen MR) is 77.5 cm³/mol. The average molecular weight is 278 g/mol. The Hall–Kier alpha value is -1.05. The molecule has 2 unspecified atom stereocenters. The van der Waals surface area contributed by atoms with Gasteiger partial charge in [0, 0.05) is 23.4 Å². The molecule has 102 valence electrons. The van der Waals surface area contributed by atoms with Gasteiger partial charge in [-0.3, -0.25) is 0 Å². The number of thioether (sulfide) groups is 1. The minimum atomic E-state index is -0.379. The van der Waals surface area contributed by atoms with Gasteiger partial charge in [-0.15, -0.1) is 0 Å². The lowest BCUT2D eigenvalue weighted by Gasteiger charge is -2.20. The quantitative estimate of drug-likeness (QED) is 0.896. The van der Waals surface area contributed by atoms with Crippen LogP contribution in [-0.4, -0.2) is 17.0 Å². The highest BCUT2D eigenvalue weighted by Crippen LogP contribution is 2.30. The number of hydrogen-bond donors (Lipinski definition) is 1. The summed E-state index contributed by atoms with van der Waals surface area (Å²) in [6.07, 6.45) is 3.66. The van der Waals surface area contributed by atoms with Gasteiger partial charge in [-0.2, -0.15) is 17.0 Å². The van der Waals surface area contributed by atoms with Crippen LogP contribution in [-0.2, 0) is 6.54 Å². The Morgan fingerprint density at radius 2 is 2.32 bits per heavy atom. The second kappa shape index (κ2) is 6.93. The summed E-state index contributed by atoms with van der Waals surface area (Å²) in [6.45, 7) is 2.68. The zero-order valence-electron chi connectivity index (χ0n) is 11.2. The fraction of sp³-hybridized carbons (Fsp3) is 0.533. The van der Waals surface area contributed by atoms with E-state index in [0.717, 1.165) is 12.2 Å². The molecule has 1 aromatic carbocycles. The second-order valence-electron chi connectivity index (χ2n) is 4.80. The zero-order valence-corrected chi connectivity index (χ0v) is 12.0. The zero-order chi connectivity index (χ0) is 13.7. The third-order valence-corrected chi connectivity index (χ3v) is 4.91. The lowest BCUT2D eigenvalue weighted by atomic mass is 10.1. The number of nitrogens with zero attached hydrogens (tertiary/aromatic N) is 1. The fourth-order valence-electron chi connectivity index (χ4n) is 2.62. The van der Waals surface area contributed by atoms with Gasteiger partial charge in [0.15, 0.2) is 0 Å². The molecule has 1 saturated carbocycles. The van der Waals surface area contributed by atoms with Gasteiger partial charge in [0.2, 0.25) is 0 Å². The molecule has 2 rings (SSSR count). The van der Waals surface area contributed by atoms with E-state index >= 15 is 0 Å². The monoisotopic (exact) mass is 278 g/mol. The van der Waals surface area contributed by atoms with Crippen molar-refractivity contribution in [1.29, 1.82) is 5.26 Å². The van der Waals surface area contributed by atoms with Gasteiger partial charge in [0.1, 0.15) is 11.9 Å². The van der Waals surface area contributed by atoms with Crippen LogP contribution in [0, 0.1) is 17.1 Å². The molecule has 2 atom stereocenters. The van der Waals surface area contributed by atoms with Crippen molar-refractivity contribution in [3.8, 4) is 6.07 Å². The van der Waals surface area contributed by atoms with Crippen LogP contribution >= 0.6 is 11.8 Å². The summed E-state index contributed by atoms with van der Waals surface area (Å²) in [5.74, 6) is 0.747. The highest BCUT2D eigenvalue weighted by Gasteiger charge is 2.26. The van der Waals surface area contributed by atoms with Crippen molar-refractivity contribution >= 4 is 11.8 Å². The van der Waals surface area contributed by atoms with Gasteiger partial charge in [-0.25, -0.2) is 4.39 Å². The van der Waals surface area contributed by atoms with Gasteiger partial charge in [0.05, 0.1) is 5.56 Å². The molecule has 0 bridgehead atoms. The Morgan fingerprint density at radius 1 is 1.47 bits per heavy atom. The van der Waals surface area contributed by atoms with E-state index in [0.29, 0.717) is 23.4 Å². The van der Waals surface area contributed by atoms with E-state index in [2.05, 4.69) is 12.2 Å². The van der Waals surface area contributed by atoms with Crippen molar-refractivity contribution in [2.75, 3.05) is 5.75 Å². The molecule has 0 amide bonds. The fourth-order valence-corrected chi connectivity index (χ4v) is 3.84. The molecule has 2 nitrogen and oxygen atoms in total. The first-order valence-electron chi connectivity index (χ1n) is 6.78. The van der Waals surface area contributed by atoms with Crippen LogP contribution in [0.3, 0.4) is 0 Å². The standard InChI is InChI=1S/C15H19FN2S/c1-2-19-14-8-4-7-13(14)18-10-12-6-3-5-11(9-17)15(12)16/h3,5-6,13-14,18H,2,4,7-8,10H2,1H3. The molecule has 1 N–H and O–H groups in total. The van der Waals surface area contributed by atoms with E-state index in [1.807, 2.05) is 17.8 Å². The molecule has 0 aromatic heterocycles. The smallest absolute Gasteiger partial charge is 0.145 e. The number of nitriles is 1. The summed E-state index contributed by atoms with van der Waals surface area (Å²) in [7, 11) is 0. The second-order valence-corrected chi connectivity index (χ2v) is 6.32. The van der Waals surface area contributed by atoms with Crippen molar-refractivity contribution < 1.29 is 4.39 Å². The summed E-state index contributed by atoms with van der Waals surface area (Å²) < 4.78 is 13.9. The number of benzene rings is 1. The van der Waals surface area contributed by atoms with E-state index < -0.39 is 0 Å². The number of hydrogen-bond acceptors (Lipinski definition) is 3. The molecule has 1 fully saturated rings. The van der Waals surface area contributed by atoms with E-state index in [1.54, 1.807) is 12.1 Å². The van der Waals surface area contributed by atoms with E-state index in [9.17, 15) is 4.39 Å². The molecule has 0 radical (unpaired) electrons. The molecule has 0 heterocycles. The maximum Gasteiger partial charge on any atom is 0.145 e. The number of rotatable bonds is 5. The van der Waals surface area contributed by atoms with Crippen molar-refractivity contribution in [1.82, 2.24) is 5.32 Å². The molecule has 0 saturated heterocycles. The maximum absolute atomic E-state index is 13.9. The lowest BCUT2D eigenvalue weighted by molar-refractivity contribution is 0.514. The Morgan fingerprint density at radius 3 is 3.05 bits per heavy atom. The van der Waals surface area contributed by atoms with Crippen LogP contribution in [0.25, 0.3) is 0 Å². The third kappa shape index (κ3) is 3.49. The first-order chi connectivity index (χ1) is 9.26. The minimum absolute atomic E-state index is 0.130. The van der Waals surface area contributed by atoms with Crippen LogP contribution < -0.4 is 5.32 Å². The first-order valence-corrected chi connectivity index (χ1v) is 7.83. The van der Waals surface area contributed by atoms with Gasteiger partial charge >= 0.3 is 0 Å². The Bertz CT molecular complexity index is 470. The van der Waals surface area contributed by atoms with Crippen LogP contribution in [0.1, 0.15) is 37.3 Å². The number of nitrogens with one attached hydrogen (secondary N) is 1. The molecule has 19 heavy (non-hydrogen) atoms. The normalized spacial score (nSPS) is 22.4. The first kappa shape index (κ1) is 14.4. The van der Waals surface area contributed by atoms with Crippen molar-refractivity contribution in [3.05, 3.63) is 35.1 Å². The Kier molecular flexibility index (Phi) is 5.24. The molecular formula is C15H19FN2S. The number of halogens is 1. The van der Waals surface area contributed by atoms with Crippen LogP contribution in [0.5, 0.6) is 0 Å². The summed E-state index contributed by atoms with van der Waals surface area (Å²) in [5.41, 5.74) is 0.719. The van der Waals surface area contributed by atoms with Crippen LogP contribution in [0.15, 0.2) is 18.2 Å². The van der Waals surface area contributed by atoms with E-state index in [1.165, 1.54) is 18.9 Å². The van der Waals surface area contributed by atoms with Crippen molar-refractivity contribution in [3.63, 3.8) is 0 Å². The van der Waals surface area contributed by atoms with Crippen molar-refractivity contribution in [2.24, 2.45) is 0 Å². The topological polar surface area (TPSA) is 35.8 Å². The molecule has 4 heteroatoms. The van der Waals surface area contributed by atoms with Gasteiger partial charge in [0.25, 0.3) is 0 Å². The van der Waals surface area contributed by atoms with Crippen LogP contribution in [0.4, 0.5) is 4.39 Å². The average Bonchev–Trinajstić information content (AvgIpc) is 2.85. The third-order valence-electron chi connectivity index (χ3n) is 3.59. The molecule has 1 aliphatic rings.